The molecule has 21 heavy (non-hydrogen) atoms. The molecular weight excluding hydrogens is 309 g/mol. The first-order valence-electron chi connectivity index (χ1n) is 7.16. The number of carbonyl (C=O) groups is 1. The average molecular weight is 328 g/mol. The lowest BCUT2D eigenvalue weighted by Crippen LogP contribution is -2.41. The maximum atomic E-state index is 12.3. The van der Waals surface area contributed by atoms with Gasteiger partial charge in [0.25, 0.3) is 0 Å². The van der Waals surface area contributed by atoms with Crippen LogP contribution in [0.3, 0.4) is 0 Å². The van der Waals surface area contributed by atoms with E-state index in [2.05, 4.69) is 0 Å². The van der Waals surface area contributed by atoms with Gasteiger partial charge >= 0.3 is 0 Å². The van der Waals surface area contributed by atoms with Gasteiger partial charge < -0.3 is 10.0 Å². The summed E-state index contributed by atoms with van der Waals surface area (Å²) in [5.41, 5.74) is 0.716. The predicted octanol–water partition coefficient (Wildman–Crippen LogP) is 3.77. The van der Waals surface area contributed by atoms with Crippen LogP contribution in [-0.4, -0.2) is 35.1 Å². The average Bonchev–Trinajstić information content (AvgIpc) is 2.73. The fourth-order valence-electron chi connectivity index (χ4n) is 2.56. The molecule has 1 unspecified atom stereocenters. The van der Waals surface area contributed by atoms with Crippen molar-refractivity contribution in [3.8, 4) is 0 Å². The Bertz CT molecular complexity index is 531. The number of amides is 1. The quantitative estimate of drug-likeness (QED) is 0.858. The fourth-order valence-corrected chi connectivity index (χ4v) is 2.92. The second kappa shape index (κ2) is 7.83. The number of nitrogens with zero attached hydrogens (tertiary/aromatic N) is 1. The smallest absolute Gasteiger partial charge is 0.246 e. The van der Waals surface area contributed by atoms with Gasteiger partial charge in [-0.3, -0.25) is 4.79 Å². The molecule has 1 fully saturated rings. The Labute approximate surface area is 135 Å². The van der Waals surface area contributed by atoms with Gasteiger partial charge in [0.15, 0.2) is 0 Å². The molecule has 0 radical (unpaired) electrons. The van der Waals surface area contributed by atoms with Crippen LogP contribution in [0.2, 0.25) is 10.0 Å². The van der Waals surface area contributed by atoms with E-state index in [4.69, 9.17) is 23.2 Å². The van der Waals surface area contributed by atoms with Gasteiger partial charge in [-0.15, -0.1) is 0 Å². The van der Waals surface area contributed by atoms with Crippen molar-refractivity contribution in [1.82, 2.24) is 4.90 Å². The standard InChI is InChI=1S/C16H19Cl2NO2/c17-13-6-7-15(18)12(10-13)5-8-16(21)19-9-3-1-2-4-14(19)11-20/h5-8,10,14,20H,1-4,9,11H2/b8-5+. The van der Waals surface area contributed by atoms with E-state index >= 15 is 0 Å². The van der Waals surface area contributed by atoms with Crippen molar-refractivity contribution < 1.29 is 9.90 Å². The number of halogens is 2. The third-order valence-corrected chi connectivity index (χ3v) is 4.31. The van der Waals surface area contributed by atoms with Crippen LogP contribution in [0.5, 0.6) is 0 Å². The molecule has 1 saturated heterocycles. The number of benzene rings is 1. The van der Waals surface area contributed by atoms with Crippen molar-refractivity contribution in [2.45, 2.75) is 31.7 Å². The second-order valence-corrected chi connectivity index (χ2v) is 6.06. The topological polar surface area (TPSA) is 40.5 Å². The van der Waals surface area contributed by atoms with Gasteiger partial charge in [0.1, 0.15) is 0 Å². The Kier molecular flexibility index (Phi) is 6.09. The van der Waals surface area contributed by atoms with Crippen molar-refractivity contribution >= 4 is 35.2 Å². The molecular formula is C16H19Cl2NO2. The van der Waals surface area contributed by atoms with Crippen molar-refractivity contribution in [2.75, 3.05) is 13.2 Å². The molecule has 1 aromatic rings. The Morgan fingerprint density at radius 2 is 2.14 bits per heavy atom. The third-order valence-electron chi connectivity index (χ3n) is 3.73. The van der Waals surface area contributed by atoms with Crippen LogP contribution in [0.1, 0.15) is 31.2 Å². The first-order chi connectivity index (χ1) is 10.1. The van der Waals surface area contributed by atoms with E-state index in [1.165, 1.54) is 6.08 Å². The van der Waals surface area contributed by atoms with Crippen LogP contribution in [0.4, 0.5) is 0 Å². The minimum absolute atomic E-state index is 0.0114. The molecule has 0 bridgehead atoms. The van der Waals surface area contributed by atoms with Crippen molar-refractivity contribution in [3.63, 3.8) is 0 Å². The Morgan fingerprint density at radius 3 is 2.90 bits per heavy atom. The van der Waals surface area contributed by atoms with Crippen molar-refractivity contribution in [3.05, 3.63) is 39.9 Å². The molecule has 1 aromatic carbocycles. The Balaban J connectivity index is 2.11. The van der Waals surface area contributed by atoms with Crippen LogP contribution < -0.4 is 0 Å². The molecule has 2 rings (SSSR count). The summed E-state index contributed by atoms with van der Waals surface area (Å²) in [6.45, 7) is 0.704. The first kappa shape index (κ1) is 16.3. The van der Waals surface area contributed by atoms with Crippen LogP contribution in [0.25, 0.3) is 6.08 Å². The zero-order valence-corrected chi connectivity index (χ0v) is 13.3. The highest BCUT2D eigenvalue weighted by Gasteiger charge is 2.23. The molecule has 1 N–H and O–H groups in total. The monoisotopic (exact) mass is 327 g/mol. The van der Waals surface area contributed by atoms with Crippen LogP contribution in [-0.2, 0) is 4.79 Å². The summed E-state index contributed by atoms with van der Waals surface area (Å²) >= 11 is 12.0. The summed E-state index contributed by atoms with van der Waals surface area (Å²) in [6, 6.07) is 5.05. The highest BCUT2D eigenvalue weighted by Crippen LogP contribution is 2.22. The van der Waals surface area contributed by atoms with Gasteiger partial charge in [0, 0.05) is 22.7 Å². The fraction of sp³-hybridized carbons (Fsp3) is 0.438. The summed E-state index contributed by atoms with van der Waals surface area (Å²) in [6.07, 6.45) is 7.17. The lowest BCUT2D eigenvalue weighted by atomic mass is 10.1. The number of likely N-dealkylation sites (tertiary alicyclic amines) is 1. The number of hydrogen-bond acceptors (Lipinski definition) is 2. The Hall–Kier alpha value is -1.03. The molecule has 1 amide bonds. The summed E-state index contributed by atoms with van der Waals surface area (Å²) < 4.78 is 0. The van der Waals surface area contributed by atoms with E-state index in [0.29, 0.717) is 22.2 Å². The minimum atomic E-state index is -0.0907. The highest BCUT2D eigenvalue weighted by molar-refractivity contribution is 6.34. The summed E-state index contributed by atoms with van der Waals surface area (Å²) in [4.78, 5) is 14.1. The minimum Gasteiger partial charge on any atom is -0.394 e. The molecule has 1 atom stereocenters. The molecule has 0 aromatic heterocycles. The lowest BCUT2D eigenvalue weighted by Gasteiger charge is -2.27. The maximum absolute atomic E-state index is 12.3. The van der Waals surface area contributed by atoms with Gasteiger partial charge in [-0.2, -0.15) is 0 Å². The van der Waals surface area contributed by atoms with E-state index in [0.717, 1.165) is 25.7 Å². The first-order valence-corrected chi connectivity index (χ1v) is 7.92. The molecule has 0 saturated carbocycles. The van der Waals surface area contributed by atoms with Crippen molar-refractivity contribution in [2.24, 2.45) is 0 Å². The molecule has 0 aliphatic carbocycles. The zero-order valence-electron chi connectivity index (χ0n) is 11.8. The van der Waals surface area contributed by atoms with E-state index < -0.39 is 0 Å². The van der Waals surface area contributed by atoms with Gasteiger partial charge in [0.05, 0.1) is 12.6 Å². The van der Waals surface area contributed by atoms with Crippen LogP contribution in [0, 0.1) is 0 Å². The van der Waals surface area contributed by atoms with E-state index in [1.807, 2.05) is 0 Å². The number of rotatable bonds is 3. The van der Waals surface area contributed by atoms with Crippen LogP contribution in [0.15, 0.2) is 24.3 Å². The predicted molar refractivity (Wildman–Crippen MR) is 86.6 cm³/mol. The number of hydrogen-bond donors (Lipinski definition) is 1. The third kappa shape index (κ3) is 4.47. The van der Waals surface area contributed by atoms with E-state index in [-0.39, 0.29) is 18.6 Å². The summed E-state index contributed by atoms with van der Waals surface area (Å²) in [7, 11) is 0. The molecule has 5 heteroatoms. The largest absolute Gasteiger partial charge is 0.394 e. The van der Waals surface area contributed by atoms with Gasteiger partial charge in [-0.05, 0) is 42.7 Å². The number of aliphatic hydroxyl groups is 1. The SMILES string of the molecule is O=C(/C=C/c1cc(Cl)ccc1Cl)N1CCCCCC1CO. The maximum Gasteiger partial charge on any atom is 0.246 e. The molecule has 114 valence electrons. The summed E-state index contributed by atoms with van der Waals surface area (Å²) in [5, 5.41) is 10.6. The van der Waals surface area contributed by atoms with Gasteiger partial charge in [-0.1, -0.05) is 36.0 Å². The lowest BCUT2D eigenvalue weighted by molar-refractivity contribution is -0.129. The Morgan fingerprint density at radius 1 is 1.33 bits per heavy atom. The molecule has 1 aliphatic heterocycles. The molecule has 1 heterocycles. The van der Waals surface area contributed by atoms with Crippen molar-refractivity contribution in [1.29, 1.82) is 0 Å². The van der Waals surface area contributed by atoms with E-state index in [1.54, 1.807) is 29.2 Å². The number of aliphatic hydroxyl groups excluding tert-OH is 1. The normalized spacial score (nSPS) is 19.8. The highest BCUT2D eigenvalue weighted by atomic mass is 35.5. The van der Waals surface area contributed by atoms with Gasteiger partial charge in [-0.25, -0.2) is 0 Å². The van der Waals surface area contributed by atoms with E-state index in [9.17, 15) is 9.90 Å². The molecule has 1 aliphatic rings. The zero-order chi connectivity index (χ0) is 15.2. The molecule has 3 nitrogen and oxygen atoms in total. The number of carbonyl (C=O) groups excluding carboxylic acids is 1. The van der Waals surface area contributed by atoms with Gasteiger partial charge in [0.2, 0.25) is 5.91 Å². The van der Waals surface area contributed by atoms with Crippen LogP contribution >= 0.6 is 23.2 Å². The molecule has 0 spiro atoms. The summed E-state index contributed by atoms with van der Waals surface area (Å²) in [5.74, 6) is -0.0907. The second-order valence-electron chi connectivity index (χ2n) is 5.22.